The van der Waals surface area contributed by atoms with E-state index in [9.17, 15) is 4.79 Å². The summed E-state index contributed by atoms with van der Waals surface area (Å²) in [6, 6.07) is 10.3. The van der Waals surface area contributed by atoms with E-state index in [-0.39, 0.29) is 12.5 Å². The zero-order chi connectivity index (χ0) is 19.0. The van der Waals surface area contributed by atoms with Gasteiger partial charge in [0.2, 0.25) is 5.91 Å². The number of piperazine rings is 1. The van der Waals surface area contributed by atoms with Crippen LogP contribution in [0, 0.1) is 0 Å². The summed E-state index contributed by atoms with van der Waals surface area (Å²) < 4.78 is 8.18. The zero-order valence-corrected chi connectivity index (χ0v) is 16.4. The minimum atomic E-state index is -0.189. The highest BCUT2D eigenvalue weighted by Crippen LogP contribution is 2.45. The van der Waals surface area contributed by atoms with Gasteiger partial charge in [-0.05, 0) is 31.3 Å². The summed E-state index contributed by atoms with van der Waals surface area (Å²) >= 11 is 1.71. The summed E-state index contributed by atoms with van der Waals surface area (Å²) in [4.78, 5) is 16.3. The third-order valence-electron chi connectivity index (χ3n) is 5.09. The second kappa shape index (κ2) is 7.34. The fourth-order valence-corrected chi connectivity index (χ4v) is 4.76. The molecule has 4 rings (SSSR count). The van der Waals surface area contributed by atoms with Crippen LogP contribution in [-0.4, -0.2) is 57.7 Å². The van der Waals surface area contributed by atoms with Gasteiger partial charge in [0.15, 0.2) is 5.75 Å². The van der Waals surface area contributed by atoms with Crippen LogP contribution in [0.2, 0.25) is 0 Å². The molecular weight excluding hydrogens is 360 g/mol. The quantitative estimate of drug-likeness (QED) is 0.724. The first-order valence-corrected chi connectivity index (χ1v) is 9.89. The van der Waals surface area contributed by atoms with Crippen LogP contribution in [-0.2, 0) is 4.79 Å². The number of amides is 1. The number of thiophene rings is 1. The summed E-state index contributed by atoms with van der Waals surface area (Å²) in [5.74, 6) is 0.743. The van der Waals surface area contributed by atoms with Crippen LogP contribution in [0.25, 0.3) is 20.2 Å². The Hall–Kier alpha value is -2.35. The highest BCUT2D eigenvalue weighted by Gasteiger charge is 2.21. The average molecular weight is 385 g/mol. The molecule has 2 aromatic carbocycles. The molecule has 2 heterocycles. The molecule has 7 heteroatoms. The molecule has 0 saturated carbocycles. The van der Waals surface area contributed by atoms with Gasteiger partial charge in [-0.25, -0.2) is 0 Å². The number of carbonyl (C=O) groups excluding carboxylic acids is 1. The molecule has 1 fully saturated rings. The molecule has 1 amide bonds. The first-order valence-electron chi connectivity index (χ1n) is 9.07. The van der Waals surface area contributed by atoms with Crippen LogP contribution in [0.1, 0.15) is 0 Å². The van der Waals surface area contributed by atoms with Crippen LogP contribution in [0.4, 0.5) is 11.4 Å². The number of rotatable bonds is 4. The van der Waals surface area contributed by atoms with Gasteiger partial charge in [-0.3, -0.25) is 4.79 Å². The molecule has 0 aliphatic carbocycles. The fourth-order valence-electron chi connectivity index (χ4n) is 3.62. The number of anilines is 2. The molecule has 0 unspecified atom stereocenters. The van der Waals surface area contributed by atoms with Gasteiger partial charge in [0.05, 0.1) is 19.3 Å². The maximum atomic E-state index is 11.6. The van der Waals surface area contributed by atoms with Crippen molar-refractivity contribution in [2.24, 2.45) is 5.73 Å². The summed E-state index contributed by atoms with van der Waals surface area (Å²) in [6.45, 7) is 4.07. The second-order valence-corrected chi connectivity index (χ2v) is 7.93. The molecule has 6 nitrogen and oxygen atoms in total. The number of nitrogens with zero attached hydrogens (tertiary/aromatic N) is 2. The van der Waals surface area contributed by atoms with Crippen molar-refractivity contribution in [2.75, 3.05) is 57.1 Å². The van der Waals surface area contributed by atoms with Crippen molar-refractivity contribution in [2.45, 2.75) is 0 Å². The topological polar surface area (TPSA) is 70.8 Å². The van der Waals surface area contributed by atoms with E-state index in [0.717, 1.165) is 58.8 Å². The number of likely N-dealkylation sites (N-methyl/N-ethyl adjacent to an activating group) is 1. The number of nitrogens with two attached hydrogens (primary N) is 1. The second-order valence-electron chi connectivity index (χ2n) is 6.85. The monoisotopic (exact) mass is 384 g/mol. The van der Waals surface area contributed by atoms with E-state index in [2.05, 4.69) is 40.4 Å². The SMILES string of the molecule is COc1c(N2CCN(C)CC2)ccc2sc3cc(NC(=O)CN)ccc3c12. The molecule has 3 N–H and O–H groups in total. The normalized spacial score (nSPS) is 15.4. The predicted molar refractivity (Wildman–Crippen MR) is 113 cm³/mol. The van der Waals surface area contributed by atoms with Crippen molar-refractivity contribution in [1.29, 1.82) is 0 Å². The number of carbonyl (C=O) groups is 1. The minimum Gasteiger partial charge on any atom is -0.494 e. The Morgan fingerprint density at radius 1 is 1.19 bits per heavy atom. The van der Waals surface area contributed by atoms with Gasteiger partial charge < -0.3 is 25.6 Å². The first kappa shape index (κ1) is 18.0. The molecule has 0 atom stereocenters. The van der Waals surface area contributed by atoms with Crippen LogP contribution in [0.15, 0.2) is 30.3 Å². The minimum absolute atomic E-state index is 0.0212. The molecule has 0 spiro atoms. The van der Waals surface area contributed by atoms with Gasteiger partial charge in [0.1, 0.15) is 0 Å². The van der Waals surface area contributed by atoms with Crippen LogP contribution < -0.4 is 20.7 Å². The Morgan fingerprint density at radius 2 is 1.96 bits per heavy atom. The van der Waals surface area contributed by atoms with Crippen molar-refractivity contribution >= 4 is 48.8 Å². The third kappa shape index (κ3) is 3.34. The molecule has 3 aromatic rings. The molecule has 142 valence electrons. The van der Waals surface area contributed by atoms with Crippen LogP contribution >= 0.6 is 11.3 Å². The predicted octanol–water partition coefficient (Wildman–Crippen LogP) is 2.71. The number of hydrogen-bond donors (Lipinski definition) is 2. The lowest BCUT2D eigenvalue weighted by Crippen LogP contribution is -2.44. The maximum Gasteiger partial charge on any atom is 0.238 e. The Kier molecular flexibility index (Phi) is 4.90. The Labute approximate surface area is 162 Å². The molecule has 27 heavy (non-hydrogen) atoms. The third-order valence-corrected chi connectivity index (χ3v) is 6.20. The summed E-state index contributed by atoms with van der Waals surface area (Å²) in [7, 11) is 3.90. The van der Waals surface area contributed by atoms with E-state index in [1.54, 1.807) is 18.4 Å². The summed E-state index contributed by atoms with van der Waals surface area (Å²) in [5.41, 5.74) is 7.31. The van der Waals surface area contributed by atoms with Crippen LogP contribution in [0.5, 0.6) is 5.75 Å². The van der Waals surface area contributed by atoms with Crippen molar-refractivity contribution in [3.8, 4) is 5.75 Å². The smallest absolute Gasteiger partial charge is 0.238 e. The largest absolute Gasteiger partial charge is 0.494 e. The lowest BCUT2D eigenvalue weighted by molar-refractivity contribution is -0.114. The lowest BCUT2D eigenvalue weighted by Gasteiger charge is -2.34. The van der Waals surface area contributed by atoms with E-state index in [1.807, 2.05) is 12.1 Å². The van der Waals surface area contributed by atoms with E-state index >= 15 is 0 Å². The van der Waals surface area contributed by atoms with E-state index in [0.29, 0.717) is 0 Å². The lowest BCUT2D eigenvalue weighted by atomic mass is 10.1. The Morgan fingerprint density at radius 3 is 2.67 bits per heavy atom. The van der Waals surface area contributed by atoms with Gasteiger partial charge in [-0.1, -0.05) is 6.07 Å². The molecular formula is C20H24N4O2S. The maximum absolute atomic E-state index is 11.6. The van der Waals surface area contributed by atoms with E-state index in [1.165, 1.54) is 4.70 Å². The Bertz CT molecular complexity index is 992. The van der Waals surface area contributed by atoms with Gasteiger partial charge in [-0.2, -0.15) is 0 Å². The van der Waals surface area contributed by atoms with Gasteiger partial charge in [0, 0.05) is 52.0 Å². The van der Waals surface area contributed by atoms with Gasteiger partial charge in [-0.15, -0.1) is 11.3 Å². The van der Waals surface area contributed by atoms with E-state index in [4.69, 9.17) is 10.5 Å². The van der Waals surface area contributed by atoms with Crippen molar-refractivity contribution in [1.82, 2.24) is 4.90 Å². The molecule has 1 aliphatic heterocycles. The van der Waals surface area contributed by atoms with Crippen molar-refractivity contribution < 1.29 is 9.53 Å². The number of hydrogen-bond acceptors (Lipinski definition) is 6. The highest BCUT2D eigenvalue weighted by molar-refractivity contribution is 7.26. The van der Waals surface area contributed by atoms with E-state index < -0.39 is 0 Å². The number of methoxy groups -OCH3 is 1. The summed E-state index contributed by atoms with van der Waals surface area (Å²) in [5, 5.41) is 5.11. The van der Waals surface area contributed by atoms with Gasteiger partial charge in [0.25, 0.3) is 0 Å². The van der Waals surface area contributed by atoms with Crippen molar-refractivity contribution in [3.63, 3.8) is 0 Å². The molecule has 0 radical (unpaired) electrons. The highest BCUT2D eigenvalue weighted by atomic mass is 32.1. The molecule has 0 bridgehead atoms. The summed E-state index contributed by atoms with van der Waals surface area (Å²) in [6.07, 6.45) is 0. The fraction of sp³-hybridized carbons (Fsp3) is 0.350. The first-order chi connectivity index (χ1) is 13.1. The standard InChI is InChI=1S/C20H24N4O2S/c1-23-7-9-24(10-8-23)15-5-6-16-19(20(15)26-2)14-4-3-13(11-17(14)27-16)22-18(25)12-21/h3-6,11H,7-10,12,21H2,1-2H3,(H,22,25). The molecule has 1 saturated heterocycles. The zero-order valence-electron chi connectivity index (χ0n) is 15.6. The number of benzene rings is 2. The molecule has 1 aliphatic rings. The number of fused-ring (bicyclic) bond motifs is 3. The average Bonchev–Trinajstić information content (AvgIpc) is 3.05. The number of ether oxygens (including phenoxy) is 1. The van der Waals surface area contributed by atoms with Gasteiger partial charge >= 0.3 is 0 Å². The van der Waals surface area contributed by atoms with Crippen molar-refractivity contribution in [3.05, 3.63) is 30.3 Å². The Balaban J connectivity index is 1.79. The molecule has 1 aromatic heterocycles. The number of nitrogens with one attached hydrogen (secondary N) is 1. The van der Waals surface area contributed by atoms with Crippen LogP contribution in [0.3, 0.4) is 0 Å².